The summed E-state index contributed by atoms with van der Waals surface area (Å²) in [4.78, 5) is 13.4. The van der Waals surface area contributed by atoms with Gasteiger partial charge in [-0.2, -0.15) is 0 Å². The number of rotatable bonds is 66. The lowest BCUT2D eigenvalue weighted by molar-refractivity contribution is -0.359. The fourth-order valence-corrected chi connectivity index (χ4v) is 12.8. The predicted octanol–water partition coefficient (Wildman–Crippen LogP) is 17.9. The van der Waals surface area contributed by atoms with E-state index in [1.807, 2.05) is 6.08 Å². The maximum Gasteiger partial charge on any atom is 0.220 e. The Morgan fingerprint density at radius 1 is 0.385 bits per heavy atom. The standard InChI is InChI=1S/C82H147NO13/c1-3-5-7-9-11-13-15-17-19-21-23-25-27-29-31-32-33-34-35-36-37-38-40-42-44-46-48-50-52-54-56-58-60-62-64-66-74(87)83-70(69-93-81-79(92)77(90)80(73(68-85)95-81)96-82-78(91)76(89)75(88)72(67-84)94-82)71(86)65-63-61-59-57-55-53-51-49-47-45-43-41-39-30-28-26-24-22-20-18-16-14-12-10-8-6-4-2/h5,7,11,13,17,19,23,25,29,31,33-34,63,65,70-73,75-82,84-86,88-92H,3-4,6,8-10,12,14-16,18,20-22,24,26-28,30,32,35-62,64,66-69H2,1-2H3,(H,83,87)/b7-5-,13-11-,19-17-,25-23-,31-29-,34-33-,65-63+. The zero-order valence-corrected chi connectivity index (χ0v) is 61.1. The van der Waals surface area contributed by atoms with Crippen LogP contribution >= 0.6 is 0 Å². The molecule has 2 rings (SSSR count). The number of carbonyl (C=O) groups excluding carboxylic acids is 1. The highest BCUT2D eigenvalue weighted by atomic mass is 16.7. The maximum absolute atomic E-state index is 13.4. The Balaban J connectivity index is 1.62. The monoisotopic (exact) mass is 1350 g/mol. The summed E-state index contributed by atoms with van der Waals surface area (Å²) in [6.45, 7) is 2.73. The van der Waals surface area contributed by atoms with Crippen molar-refractivity contribution in [2.24, 2.45) is 0 Å². The summed E-state index contributed by atoms with van der Waals surface area (Å²) in [5.74, 6) is -0.237. The number of aliphatic hydroxyl groups is 8. The van der Waals surface area contributed by atoms with Crippen molar-refractivity contribution in [1.82, 2.24) is 5.32 Å². The van der Waals surface area contributed by atoms with E-state index in [9.17, 15) is 45.6 Å². The van der Waals surface area contributed by atoms with Gasteiger partial charge in [-0.1, -0.05) is 343 Å². The summed E-state index contributed by atoms with van der Waals surface area (Å²) < 4.78 is 22.9. The van der Waals surface area contributed by atoms with Crippen LogP contribution < -0.4 is 5.32 Å². The SMILES string of the molecule is CC/C=C\C/C=C\C/C=C\C/C=C\C/C=C\C/C=C\CCCCCCCCCCCCCCCCCCC(=O)NC(COC1OC(CO)C(OC2OC(CO)C(O)C(O)C2O)C(O)C1O)C(O)/C=C/CCCCCCCCCCCCCCCCCCCCCCCCCCC. The molecule has 2 saturated heterocycles. The Labute approximate surface area is 586 Å². The third-order valence-corrected chi connectivity index (χ3v) is 19.1. The molecule has 0 aliphatic carbocycles. The van der Waals surface area contributed by atoms with Crippen LogP contribution in [0.4, 0.5) is 0 Å². The third kappa shape index (κ3) is 48.1. The van der Waals surface area contributed by atoms with E-state index in [-0.39, 0.29) is 18.9 Å². The van der Waals surface area contributed by atoms with Gasteiger partial charge in [0.15, 0.2) is 12.6 Å². The van der Waals surface area contributed by atoms with Crippen molar-refractivity contribution >= 4 is 5.91 Å². The lowest BCUT2D eigenvalue weighted by Crippen LogP contribution is -2.65. The number of carbonyl (C=O) groups is 1. The van der Waals surface area contributed by atoms with Gasteiger partial charge < -0.3 is 65.1 Å². The van der Waals surface area contributed by atoms with Crippen molar-refractivity contribution in [3.8, 4) is 0 Å². The Hall–Kier alpha value is -2.83. The average Bonchev–Trinajstić information content (AvgIpc) is 0.797. The van der Waals surface area contributed by atoms with Crippen molar-refractivity contribution in [3.05, 3.63) is 85.1 Å². The van der Waals surface area contributed by atoms with Gasteiger partial charge in [-0.05, 0) is 70.6 Å². The Bertz CT molecular complexity index is 1940. The quantitative estimate of drug-likeness (QED) is 0.0204. The van der Waals surface area contributed by atoms with Gasteiger partial charge in [0, 0.05) is 6.42 Å². The molecule has 0 aromatic heterocycles. The lowest BCUT2D eigenvalue weighted by Gasteiger charge is -2.46. The van der Waals surface area contributed by atoms with E-state index in [0.717, 1.165) is 77.0 Å². The Morgan fingerprint density at radius 2 is 0.719 bits per heavy atom. The highest BCUT2D eigenvalue weighted by Gasteiger charge is 2.51. The minimum atomic E-state index is -1.79. The van der Waals surface area contributed by atoms with Crippen LogP contribution in [-0.4, -0.2) is 140 Å². The molecule has 0 aromatic rings. The number of ether oxygens (including phenoxy) is 4. The number of amides is 1. The minimum absolute atomic E-state index is 0.237. The molecule has 0 bridgehead atoms. The van der Waals surface area contributed by atoms with Crippen molar-refractivity contribution in [3.63, 3.8) is 0 Å². The van der Waals surface area contributed by atoms with Crippen molar-refractivity contribution in [2.45, 2.75) is 408 Å². The second-order valence-electron chi connectivity index (χ2n) is 27.8. The summed E-state index contributed by atoms with van der Waals surface area (Å²) in [7, 11) is 0. The van der Waals surface area contributed by atoms with E-state index in [1.54, 1.807) is 6.08 Å². The summed E-state index contributed by atoms with van der Waals surface area (Å²) in [5.41, 5.74) is 0. The molecule has 2 aliphatic rings. The number of hydrogen-bond acceptors (Lipinski definition) is 13. The molecule has 0 radical (unpaired) electrons. The average molecular weight is 1360 g/mol. The molecule has 558 valence electrons. The highest BCUT2D eigenvalue weighted by Crippen LogP contribution is 2.30. The smallest absolute Gasteiger partial charge is 0.220 e. The van der Waals surface area contributed by atoms with Crippen LogP contribution in [0.25, 0.3) is 0 Å². The van der Waals surface area contributed by atoms with Crippen LogP contribution in [0.2, 0.25) is 0 Å². The molecule has 12 atom stereocenters. The van der Waals surface area contributed by atoms with E-state index in [2.05, 4.69) is 92.1 Å². The van der Waals surface area contributed by atoms with E-state index in [0.29, 0.717) is 6.42 Å². The Kier molecular flexibility index (Phi) is 60.9. The van der Waals surface area contributed by atoms with Crippen molar-refractivity contribution < 1.29 is 64.6 Å². The van der Waals surface area contributed by atoms with Crippen LogP contribution in [0.3, 0.4) is 0 Å². The van der Waals surface area contributed by atoms with E-state index >= 15 is 0 Å². The van der Waals surface area contributed by atoms with Crippen molar-refractivity contribution in [1.29, 1.82) is 0 Å². The van der Waals surface area contributed by atoms with Gasteiger partial charge >= 0.3 is 0 Å². The van der Waals surface area contributed by atoms with E-state index in [1.165, 1.54) is 231 Å². The van der Waals surface area contributed by atoms with Gasteiger partial charge in [-0.15, -0.1) is 0 Å². The molecular weight excluding hydrogens is 1210 g/mol. The molecule has 14 nitrogen and oxygen atoms in total. The summed E-state index contributed by atoms with van der Waals surface area (Å²) in [6.07, 6.45) is 75.1. The van der Waals surface area contributed by atoms with Gasteiger partial charge in [0.25, 0.3) is 0 Å². The first-order valence-electron chi connectivity index (χ1n) is 39.8. The number of hydrogen-bond donors (Lipinski definition) is 9. The van der Waals surface area contributed by atoms with Crippen LogP contribution in [0.15, 0.2) is 85.1 Å². The molecule has 0 aromatic carbocycles. The molecular formula is C82H147NO13. The first kappa shape index (κ1) is 89.3. The molecule has 2 fully saturated rings. The number of allylic oxidation sites excluding steroid dienone is 13. The van der Waals surface area contributed by atoms with Crippen LogP contribution in [0.5, 0.6) is 0 Å². The first-order chi connectivity index (χ1) is 47.1. The molecule has 2 aliphatic heterocycles. The molecule has 1 amide bonds. The van der Waals surface area contributed by atoms with Crippen LogP contribution in [0, 0.1) is 0 Å². The fraction of sp³-hybridized carbons (Fsp3) is 0.817. The van der Waals surface area contributed by atoms with Gasteiger partial charge in [-0.25, -0.2) is 0 Å². The van der Waals surface area contributed by atoms with Crippen LogP contribution in [0.1, 0.15) is 335 Å². The second-order valence-corrected chi connectivity index (χ2v) is 27.8. The van der Waals surface area contributed by atoms with E-state index < -0.39 is 86.8 Å². The Morgan fingerprint density at radius 3 is 1.10 bits per heavy atom. The molecule has 2 heterocycles. The topological polar surface area (TPSA) is 228 Å². The minimum Gasteiger partial charge on any atom is -0.394 e. The van der Waals surface area contributed by atoms with Gasteiger partial charge in [0.05, 0.1) is 32.0 Å². The first-order valence-corrected chi connectivity index (χ1v) is 39.8. The normalized spacial score (nSPS) is 22.7. The molecule has 0 saturated carbocycles. The molecule has 96 heavy (non-hydrogen) atoms. The lowest BCUT2D eigenvalue weighted by atomic mass is 9.97. The summed E-state index contributed by atoms with van der Waals surface area (Å²) in [6, 6.07) is -0.920. The summed E-state index contributed by atoms with van der Waals surface area (Å²) >= 11 is 0. The number of aliphatic hydroxyl groups excluding tert-OH is 8. The highest BCUT2D eigenvalue weighted by molar-refractivity contribution is 5.76. The second kappa shape index (κ2) is 65.5. The summed E-state index contributed by atoms with van der Waals surface area (Å²) in [5, 5.41) is 87.7. The third-order valence-electron chi connectivity index (χ3n) is 19.1. The fourth-order valence-electron chi connectivity index (χ4n) is 12.8. The predicted molar refractivity (Wildman–Crippen MR) is 396 cm³/mol. The van der Waals surface area contributed by atoms with Gasteiger partial charge in [-0.3, -0.25) is 4.79 Å². The van der Waals surface area contributed by atoms with E-state index in [4.69, 9.17) is 18.9 Å². The molecule has 14 heteroatoms. The maximum atomic E-state index is 13.4. The number of unbranched alkanes of at least 4 members (excludes halogenated alkanes) is 41. The van der Waals surface area contributed by atoms with Gasteiger partial charge in [0.1, 0.15) is 48.8 Å². The van der Waals surface area contributed by atoms with Gasteiger partial charge in [0.2, 0.25) is 5.91 Å². The zero-order chi connectivity index (χ0) is 69.4. The largest absolute Gasteiger partial charge is 0.394 e. The molecule has 0 spiro atoms. The number of nitrogens with one attached hydrogen (secondary N) is 1. The zero-order valence-electron chi connectivity index (χ0n) is 61.1. The molecule has 9 N–H and O–H groups in total. The van der Waals surface area contributed by atoms with Crippen molar-refractivity contribution in [2.75, 3.05) is 19.8 Å². The molecule has 12 unspecified atom stereocenters. The van der Waals surface area contributed by atoms with Crippen LogP contribution in [-0.2, 0) is 23.7 Å².